The maximum Gasteiger partial charge on any atom is 0.254 e. The predicted molar refractivity (Wildman–Crippen MR) is 157 cm³/mol. The first-order valence-electron chi connectivity index (χ1n) is 13.6. The molecule has 1 atom stereocenters. The number of amides is 1. The number of nitrogens with one attached hydrogen (secondary N) is 2. The highest BCUT2D eigenvalue weighted by Gasteiger charge is 2.40. The molecule has 2 fully saturated rings. The Morgan fingerprint density at radius 1 is 0.951 bits per heavy atom. The Morgan fingerprint density at radius 3 is 2.27 bits per heavy atom. The van der Waals surface area contributed by atoms with Crippen LogP contribution in [0.5, 0.6) is 11.5 Å². The molecule has 0 saturated carbocycles. The van der Waals surface area contributed by atoms with Crippen molar-refractivity contribution in [3.8, 4) is 11.5 Å². The normalized spacial score (nSPS) is 20.0. The maximum atomic E-state index is 15.9. The lowest BCUT2D eigenvalue weighted by Gasteiger charge is -2.29. The Hall–Kier alpha value is -3.05. The number of ketones is 1. The minimum absolute atomic E-state index is 0.00837. The lowest BCUT2D eigenvalue weighted by molar-refractivity contribution is 0.0735. The second kappa shape index (κ2) is 12.4. The molecule has 3 aliphatic rings. The quantitative estimate of drug-likeness (QED) is 0.213. The fourth-order valence-corrected chi connectivity index (χ4v) is 6.20. The third kappa shape index (κ3) is 5.46. The van der Waals surface area contributed by atoms with E-state index >= 15 is 4.39 Å². The van der Waals surface area contributed by atoms with E-state index in [0.29, 0.717) is 54.3 Å². The number of nitrogens with zero attached hydrogens (tertiary/aromatic N) is 3. The second-order valence-corrected chi connectivity index (χ2v) is 11.0. The van der Waals surface area contributed by atoms with Gasteiger partial charge in [-0.2, -0.15) is 0 Å². The van der Waals surface area contributed by atoms with Gasteiger partial charge in [-0.3, -0.25) is 9.59 Å². The molecule has 0 aromatic heterocycles. The molecule has 0 bridgehead atoms. The number of piperazine rings is 1. The van der Waals surface area contributed by atoms with Gasteiger partial charge in [-0.05, 0) is 44.1 Å². The highest BCUT2D eigenvalue weighted by molar-refractivity contribution is 6.30. The van der Waals surface area contributed by atoms with Gasteiger partial charge >= 0.3 is 0 Å². The molecular weight excluding hydrogens is 572 g/mol. The molecule has 3 heterocycles. The van der Waals surface area contributed by atoms with Crippen molar-refractivity contribution >= 4 is 46.5 Å². The van der Waals surface area contributed by atoms with Gasteiger partial charge in [0.25, 0.3) is 5.91 Å². The molecule has 41 heavy (non-hydrogen) atoms. The summed E-state index contributed by atoms with van der Waals surface area (Å²) in [5.74, 6) is -0.827. The van der Waals surface area contributed by atoms with E-state index in [2.05, 4.69) is 10.6 Å². The van der Waals surface area contributed by atoms with Crippen molar-refractivity contribution in [2.45, 2.75) is 18.5 Å². The van der Waals surface area contributed by atoms with Crippen molar-refractivity contribution < 1.29 is 23.5 Å². The van der Waals surface area contributed by atoms with Gasteiger partial charge in [0.2, 0.25) is 0 Å². The number of halogens is 3. The number of hydrogen-bond donors (Lipinski definition) is 2. The molecule has 5 rings (SSSR count). The van der Waals surface area contributed by atoms with Gasteiger partial charge in [0.15, 0.2) is 28.7 Å². The number of carbonyl (C=O) groups excluding carboxylic acids is 2. The molecule has 1 amide bonds. The minimum atomic E-state index is -0.882. The van der Waals surface area contributed by atoms with Crippen LogP contribution >= 0.6 is 23.4 Å². The summed E-state index contributed by atoms with van der Waals surface area (Å²) < 4.78 is 27.8. The number of piperidine rings is 1. The Bertz CT molecular complexity index is 1360. The van der Waals surface area contributed by atoms with Gasteiger partial charge in [-0.25, -0.2) is 8.81 Å². The van der Waals surface area contributed by atoms with Gasteiger partial charge in [0.1, 0.15) is 0 Å². The van der Waals surface area contributed by atoms with Crippen LogP contribution in [0.1, 0.15) is 44.7 Å². The summed E-state index contributed by atoms with van der Waals surface area (Å²) in [6.07, 6.45) is 1.48. The average Bonchev–Trinajstić information content (AvgIpc) is 3.24. The fourth-order valence-electron chi connectivity index (χ4n) is 5.70. The number of methoxy groups -OCH3 is 2. The van der Waals surface area contributed by atoms with Gasteiger partial charge in [-0.1, -0.05) is 23.7 Å². The molecule has 220 valence electrons. The molecule has 1 unspecified atom stereocenters. The van der Waals surface area contributed by atoms with Gasteiger partial charge < -0.3 is 29.9 Å². The number of hydrogen-bond acceptors (Lipinski definition) is 8. The Labute approximate surface area is 249 Å². The average molecular weight is 607 g/mol. The van der Waals surface area contributed by atoms with Gasteiger partial charge in [0.05, 0.1) is 25.6 Å². The number of benzene rings is 2. The first kappa shape index (κ1) is 29.4. The largest absolute Gasteiger partial charge is 0.493 e. The van der Waals surface area contributed by atoms with Crippen LogP contribution in [0.25, 0.3) is 11.4 Å². The number of Topliss-reactive ketones (excluding diaryl/α,β-unsaturated/α-hetero) is 1. The van der Waals surface area contributed by atoms with E-state index < -0.39 is 11.4 Å². The zero-order chi connectivity index (χ0) is 29.3. The van der Waals surface area contributed by atoms with E-state index in [4.69, 9.17) is 32.9 Å². The van der Waals surface area contributed by atoms with E-state index in [9.17, 15) is 9.59 Å². The van der Waals surface area contributed by atoms with Crippen LogP contribution in [0.4, 0.5) is 4.39 Å². The van der Waals surface area contributed by atoms with Crippen molar-refractivity contribution in [2.75, 3.05) is 60.5 Å². The molecule has 2 aromatic rings. The van der Waals surface area contributed by atoms with E-state index in [0.717, 1.165) is 25.9 Å². The summed E-state index contributed by atoms with van der Waals surface area (Å²) in [5.41, 5.74) is 1.23. The molecule has 2 N–H and O–H groups in total. The molecule has 12 heteroatoms. The van der Waals surface area contributed by atoms with E-state index in [1.807, 2.05) is 0 Å². The lowest BCUT2D eigenvalue weighted by atomic mass is 9.87. The highest BCUT2D eigenvalue weighted by atomic mass is 35.5. The molecule has 0 aliphatic carbocycles. The summed E-state index contributed by atoms with van der Waals surface area (Å²) in [6, 6.07) is 8.26. The first-order chi connectivity index (χ1) is 19.8. The number of rotatable bonds is 7. The monoisotopic (exact) mass is 605 g/mol. The molecule has 0 spiro atoms. The standard InChI is InChI=1S/C29H34Cl2FN5O4/c1-35-24(20-6-7-22(40-2)27(41-3)23(20)32)25(37(31)29(35)30)19-5-4-18(26(38)17-8-10-33-11-9-17)16-21(19)28(39)36-14-12-34-13-15-36/h4-7,16-17,29,33-34H,8-15H2,1-3H3. The Morgan fingerprint density at radius 2 is 1.61 bits per heavy atom. The predicted octanol–water partition coefficient (Wildman–Crippen LogP) is 3.82. The topological polar surface area (TPSA) is 86.4 Å². The molecule has 0 radical (unpaired) electrons. The van der Waals surface area contributed by atoms with Crippen LogP contribution in [0, 0.1) is 11.7 Å². The minimum Gasteiger partial charge on any atom is -0.493 e. The Kier molecular flexibility index (Phi) is 8.94. The van der Waals surface area contributed by atoms with Crippen LogP contribution in [-0.4, -0.2) is 92.1 Å². The summed E-state index contributed by atoms with van der Waals surface area (Å²) >= 11 is 13.5. The molecule has 9 nitrogen and oxygen atoms in total. The number of alkyl halides is 1. The summed E-state index contributed by atoms with van der Waals surface area (Å²) in [5, 5.41) is 6.54. The molecule has 2 saturated heterocycles. The number of carbonyl (C=O) groups is 2. The van der Waals surface area contributed by atoms with Crippen molar-refractivity contribution in [2.24, 2.45) is 5.92 Å². The zero-order valence-corrected chi connectivity index (χ0v) is 24.8. The smallest absolute Gasteiger partial charge is 0.254 e. The van der Waals surface area contributed by atoms with Crippen LogP contribution in [0.15, 0.2) is 30.3 Å². The summed E-state index contributed by atoms with van der Waals surface area (Å²) in [4.78, 5) is 30.9. The summed E-state index contributed by atoms with van der Waals surface area (Å²) in [6.45, 7) is 3.91. The number of ether oxygens (including phenoxy) is 2. The van der Waals surface area contributed by atoms with Crippen LogP contribution in [-0.2, 0) is 0 Å². The van der Waals surface area contributed by atoms with Crippen LogP contribution in [0.2, 0.25) is 0 Å². The third-order valence-corrected chi connectivity index (χ3v) is 8.88. The lowest BCUT2D eigenvalue weighted by Crippen LogP contribution is -2.46. The highest BCUT2D eigenvalue weighted by Crippen LogP contribution is 2.46. The maximum absolute atomic E-state index is 15.9. The van der Waals surface area contributed by atoms with Crippen LogP contribution < -0.4 is 20.1 Å². The summed E-state index contributed by atoms with van der Waals surface area (Å²) in [7, 11) is 4.48. The molecular formula is C29H34Cl2FN5O4. The second-order valence-electron chi connectivity index (χ2n) is 10.3. The molecule has 2 aromatic carbocycles. The SMILES string of the molecule is COc1ccc(C2=C(c3ccc(C(=O)C4CCNCC4)cc3C(=O)N3CCNCC3)N(Cl)C(Cl)N2C)c(F)c1OC. The van der Waals surface area contributed by atoms with Crippen molar-refractivity contribution in [3.05, 3.63) is 58.4 Å². The Balaban J connectivity index is 1.69. The zero-order valence-electron chi connectivity index (χ0n) is 23.3. The van der Waals surface area contributed by atoms with E-state index in [1.165, 1.54) is 18.6 Å². The third-order valence-electron chi connectivity index (χ3n) is 7.94. The van der Waals surface area contributed by atoms with Crippen molar-refractivity contribution in [3.63, 3.8) is 0 Å². The molecule has 3 aliphatic heterocycles. The van der Waals surface area contributed by atoms with Gasteiger partial charge in [-0.15, -0.1) is 0 Å². The fraction of sp³-hybridized carbons (Fsp3) is 0.448. The van der Waals surface area contributed by atoms with E-state index in [-0.39, 0.29) is 34.7 Å². The van der Waals surface area contributed by atoms with Crippen LogP contribution in [0.3, 0.4) is 0 Å². The van der Waals surface area contributed by atoms with Crippen molar-refractivity contribution in [1.29, 1.82) is 0 Å². The van der Waals surface area contributed by atoms with Gasteiger partial charge in [0, 0.05) is 73.2 Å². The first-order valence-corrected chi connectivity index (χ1v) is 14.4. The van der Waals surface area contributed by atoms with Crippen molar-refractivity contribution in [1.82, 2.24) is 24.9 Å². The van der Waals surface area contributed by atoms with E-state index in [1.54, 1.807) is 47.2 Å².